The van der Waals surface area contributed by atoms with E-state index in [2.05, 4.69) is 81.6 Å². The lowest BCUT2D eigenvalue weighted by Crippen LogP contribution is -2.49. The van der Waals surface area contributed by atoms with E-state index in [1.807, 2.05) is 0 Å². The minimum Gasteiger partial charge on any atom is -0.416 e. The van der Waals surface area contributed by atoms with Gasteiger partial charge in [-0.25, -0.2) is 0 Å². The highest BCUT2D eigenvalue weighted by Gasteiger charge is 2.42. The lowest BCUT2D eigenvalue weighted by molar-refractivity contribution is 0.0263. The topological polar surface area (TPSA) is 38.7 Å². The maximum absolute atomic E-state index is 9.71. The van der Waals surface area contributed by atoms with Gasteiger partial charge in [0.15, 0.2) is 16.6 Å². The third-order valence-corrected chi connectivity index (χ3v) is 15.1. The van der Waals surface area contributed by atoms with Crippen molar-refractivity contribution in [2.75, 3.05) is 13.2 Å². The summed E-state index contributed by atoms with van der Waals surface area (Å²) in [5, 5.41) is 10.1. The molecule has 0 fully saturated rings. The predicted octanol–water partition coefficient (Wildman–Crippen LogP) is 5.66. The first-order valence-electron chi connectivity index (χ1n) is 9.39. The van der Waals surface area contributed by atoms with Crippen LogP contribution in [0.15, 0.2) is 0 Å². The van der Waals surface area contributed by atoms with Crippen molar-refractivity contribution in [1.29, 1.82) is 0 Å². The molecule has 0 aliphatic carbocycles. The Balaban J connectivity index is 5.15. The summed E-state index contributed by atoms with van der Waals surface area (Å²) in [5.74, 6) is 0.396. The van der Waals surface area contributed by atoms with Gasteiger partial charge in [-0.3, -0.25) is 0 Å². The third-order valence-electron chi connectivity index (χ3n) is 6.16. The van der Waals surface area contributed by atoms with Crippen LogP contribution in [-0.4, -0.2) is 41.1 Å². The first kappa shape index (κ1) is 24.3. The quantitative estimate of drug-likeness (QED) is 0.555. The molecule has 5 heteroatoms. The van der Waals surface area contributed by atoms with E-state index in [-0.39, 0.29) is 34.6 Å². The van der Waals surface area contributed by atoms with Crippen molar-refractivity contribution in [3.8, 4) is 0 Å². The summed E-state index contributed by atoms with van der Waals surface area (Å²) in [6.45, 7) is 27.9. The van der Waals surface area contributed by atoms with Crippen molar-refractivity contribution in [2.45, 2.75) is 97.8 Å². The maximum Gasteiger partial charge on any atom is 0.192 e. The molecule has 0 aliphatic heterocycles. The molecule has 3 atom stereocenters. The van der Waals surface area contributed by atoms with Crippen LogP contribution >= 0.6 is 0 Å². The molecule has 0 radical (unpaired) electrons. The summed E-state index contributed by atoms with van der Waals surface area (Å²) in [6, 6.07) is 0. The molecule has 0 bridgehead atoms. The van der Waals surface area contributed by atoms with E-state index in [0.29, 0.717) is 6.61 Å². The normalized spacial score (nSPS) is 18.4. The van der Waals surface area contributed by atoms with Gasteiger partial charge in [0.25, 0.3) is 0 Å². The molecule has 0 spiro atoms. The van der Waals surface area contributed by atoms with Crippen LogP contribution in [0.4, 0.5) is 0 Å². The van der Waals surface area contributed by atoms with Gasteiger partial charge in [0, 0.05) is 25.0 Å². The van der Waals surface area contributed by atoms with Crippen LogP contribution in [0.25, 0.3) is 0 Å². The second kappa shape index (κ2) is 8.34. The Labute approximate surface area is 153 Å². The lowest BCUT2D eigenvalue weighted by Gasteiger charge is -2.43. The van der Waals surface area contributed by atoms with Gasteiger partial charge in [-0.2, -0.15) is 0 Å². The standard InChI is InChI=1S/C19H44O3Si2/c1-15(13-20)17(22-24(11,12)19(6,7)8)16(2)14-21-23(9,10)18(3,4)5/h15-17,20H,13-14H2,1-12H3. The zero-order valence-corrected chi connectivity index (χ0v) is 20.4. The molecule has 0 saturated heterocycles. The van der Waals surface area contributed by atoms with Crippen LogP contribution < -0.4 is 0 Å². The molecule has 0 heterocycles. The molecule has 0 aliphatic rings. The predicted molar refractivity (Wildman–Crippen MR) is 111 cm³/mol. The molecule has 146 valence electrons. The lowest BCUT2D eigenvalue weighted by atomic mass is 9.95. The van der Waals surface area contributed by atoms with Crippen molar-refractivity contribution in [3.05, 3.63) is 0 Å². The maximum atomic E-state index is 9.71. The minimum atomic E-state index is -1.88. The number of rotatable bonds is 8. The molecule has 0 aromatic heterocycles. The molecule has 0 aromatic carbocycles. The molecule has 24 heavy (non-hydrogen) atoms. The van der Waals surface area contributed by atoms with Crippen LogP contribution in [0.2, 0.25) is 36.3 Å². The van der Waals surface area contributed by atoms with E-state index < -0.39 is 16.6 Å². The van der Waals surface area contributed by atoms with Crippen LogP contribution in [0, 0.1) is 11.8 Å². The Hall–Kier alpha value is 0.314. The van der Waals surface area contributed by atoms with E-state index in [4.69, 9.17) is 8.85 Å². The monoisotopic (exact) mass is 376 g/mol. The van der Waals surface area contributed by atoms with Crippen molar-refractivity contribution < 1.29 is 14.0 Å². The summed E-state index contributed by atoms with van der Waals surface area (Å²) < 4.78 is 13.1. The van der Waals surface area contributed by atoms with Gasteiger partial charge in [-0.1, -0.05) is 55.4 Å². The van der Waals surface area contributed by atoms with E-state index in [9.17, 15) is 5.11 Å². The summed E-state index contributed by atoms with van der Waals surface area (Å²) in [4.78, 5) is 0. The second-order valence-corrected chi connectivity index (χ2v) is 20.1. The number of hydrogen-bond donors (Lipinski definition) is 1. The Morgan fingerprint density at radius 3 is 1.54 bits per heavy atom. The molecule has 3 unspecified atom stereocenters. The number of aliphatic hydroxyl groups excluding tert-OH is 1. The molecular weight excluding hydrogens is 332 g/mol. The highest BCUT2D eigenvalue weighted by molar-refractivity contribution is 6.74. The minimum absolute atomic E-state index is 0.0423. The largest absolute Gasteiger partial charge is 0.416 e. The first-order valence-corrected chi connectivity index (χ1v) is 15.2. The number of aliphatic hydroxyl groups is 1. The summed E-state index contributed by atoms with van der Waals surface area (Å²) in [7, 11) is -3.64. The van der Waals surface area contributed by atoms with Crippen molar-refractivity contribution in [3.63, 3.8) is 0 Å². The van der Waals surface area contributed by atoms with Gasteiger partial charge in [-0.05, 0) is 36.3 Å². The fourth-order valence-electron chi connectivity index (χ4n) is 2.07. The van der Waals surface area contributed by atoms with Crippen molar-refractivity contribution >= 4 is 16.6 Å². The Kier molecular flexibility index (Phi) is 8.45. The Morgan fingerprint density at radius 1 is 0.792 bits per heavy atom. The molecule has 0 rings (SSSR count). The zero-order valence-electron chi connectivity index (χ0n) is 18.4. The summed E-state index contributed by atoms with van der Waals surface area (Å²) in [5.41, 5.74) is 0. The van der Waals surface area contributed by atoms with Gasteiger partial charge >= 0.3 is 0 Å². The molecule has 0 aromatic rings. The fourth-order valence-corrected chi connectivity index (χ4v) is 4.68. The van der Waals surface area contributed by atoms with E-state index >= 15 is 0 Å². The summed E-state index contributed by atoms with van der Waals surface area (Å²) >= 11 is 0. The van der Waals surface area contributed by atoms with Gasteiger partial charge in [0.1, 0.15) is 0 Å². The van der Waals surface area contributed by atoms with Gasteiger partial charge in [0.05, 0.1) is 6.10 Å². The molecular formula is C19H44O3Si2. The molecule has 1 N–H and O–H groups in total. The molecule has 0 saturated carbocycles. The van der Waals surface area contributed by atoms with Crippen molar-refractivity contribution in [2.24, 2.45) is 11.8 Å². The van der Waals surface area contributed by atoms with Gasteiger partial charge in [-0.15, -0.1) is 0 Å². The second-order valence-electron chi connectivity index (χ2n) is 10.6. The highest BCUT2D eigenvalue weighted by atomic mass is 28.4. The SMILES string of the molecule is CC(CO)C(O[Si](C)(C)C(C)(C)C)C(C)CO[Si](C)(C)C(C)(C)C. The number of hydrogen-bond acceptors (Lipinski definition) is 3. The average Bonchev–Trinajstić information content (AvgIpc) is 2.38. The van der Waals surface area contributed by atoms with Gasteiger partial charge < -0.3 is 14.0 Å². The Morgan fingerprint density at radius 2 is 1.21 bits per heavy atom. The van der Waals surface area contributed by atoms with Crippen LogP contribution in [0.1, 0.15) is 55.4 Å². The van der Waals surface area contributed by atoms with Crippen LogP contribution in [0.5, 0.6) is 0 Å². The van der Waals surface area contributed by atoms with Gasteiger partial charge in [0.2, 0.25) is 0 Å². The highest BCUT2D eigenvalue weighted by Crippen LogP contribution is 2.40. The van der Waals surface area contributed by atoms with Crippen LogP contribution in [0.3, 0.4) is 0 Å². The first-order chi connectivity index (χ1) is 10.5. The molecule has 0 amide bonds. The third kappa shape index (κ3) is 6.56. The fraction of sp³-hybridized carbons (Fsp3) is 1.00. The average molecular weight is 377 g/mol. The zero-order chi connectivity index (χ0) is 19.6. The van der Waals surface area contributed by atoms with Crippen LogP contribution in [-0.2, 0) is 8.85 Å². The Bertz CT molecular complexity index is 381. The summed E-state index contributed by atoms with van der Waals surface area (Å²) in [6.07, 6.45) is 0.0423. The smallest absolute Gasteiger partial charge is 0.192 e. The van der Waals surface area contributed by atoms with Crippen molar-refractivity contribution in [1.82, 2.24) is 0 Å². The van der Waals surface area contributed by atoms with E-state index in [0.717, 1.165) is 0 Å². The molecule has 3 nitrogen and oxygen atoms in total. The van der Waals surface area contributed by atoms with E-state index in [1.54, 1.807) is 0 Å². The van der Waals surface area contributed by atoms with E-state index in [1.165, 1.54) is 0 Å².